The van der Waals surface area contributed by atoms with Crippen molar-refractivity contribution in [2.75, 3.05) is 0 Å². The molecule has 0 bridgehead atoms. The van der Waals surface area contributed by atoms with Gasteiger partial charge in [-0.3, -0.25) is 0 Å². The molecule has 0 fully saturated rings. The highest BCUT2D eigenvalue weighted by molar-refractivity contribution is 6.15. The molecule has 0 saturated carbocycles. The summed E-state index contributed by atoms with van der Waals surface area (Å²) in [5.74, 6) is 0.688. The summed E-state index contributed by atoms with van der Waals surface area (Å²) in [6.07, 6.45) is 3.05. The Morgan fingerprint density at radius 3 is 2.67 bits per heavy atom. The van der Waals surface area contributed by atoms with Gasteiger partial charge in [-0.1, -0.05) is 35.5 Å². The Morgan fingerprint density at radius 2 is 1.92 bits per heavy atom. The molecule has 0 saturated heterocycles. The lowest BCUT2D eigenvalue weighted by molar-refractivity contribution is -0.129. The Labute approximate surface area is 137 Å². The van der Waals surface area contributed by atoms with Crippen LogP contribution in [0.3, 0.4) is 0 Å². The Kier molecular flexibility index (Phi) is 3.35. The van der Waals surface area contributed by atoms with E-state index in [4.69, 9.17) is 13.7 Å². The molecule has 1 aliphatic heterocycles. The van der Waals surface area contributed by atoms with Crippen LogP contribution in [0.1, 0.15) is 17.1 Å². The second-order valence-corrected chi connectivity index (χ2v) is 5.18. The zero-order valence-electron chi connectivity index (χ0n) is 12.7. The zero-order valence-corrected chi connectivity index (χ0v) is 12.7. The lowest BCUT2D eigenvalue weighted by Crippen LogP contribution is -2.07. The molecule has 0 spiro atoms. The molecule has 118 valence electrons. The van der Waals surface area contributed by atoms with Crippen LogP contribution < -0.4 is 0 Å². The fourth-order valence-electron chi connectivity index (χ4n) is 2.44. The first-order chi connectivity index (χ1) is 11.7. The maximum atomic E-state index is 12.1. The van der Waals surface area contributed by atoms with E-state index in [9.17, 15) is 4.79 Å². The Bertz CT molecular complexity index is 950. The Hall–Kier alpha value is -3.41. The van der Waals surface area contributed by atoms with Crippen LogP contribution in [-0.2, 0) is 9.53 Å². The molecule has 0 radical (unpaired) electrons. The first-order valence-corrected chi connectivity index (χ1v) is 7.30. The standard InChI is InChI=1S/C18H12N2O4/c1-11-15(16(20-24-11)12-6-3-2-4-7-12)17-19-14(18(21)23-17)10-13-8-5-9-22-13/h2-10H,1H3/b14-10-. The number of nitrogens with zero attached hydrogens (tertiary/aromatic N) is 2. The Morgan fingerprint density at radius 1 is 1.08 bits per heavy atom. The van der Waals surface area contributed by atoms with E-state index in [-0.39, 0.29) is 11.6 Å². The average Bonchev–Trinajstić information content (AvgIpc) is 3.30. The van der Waals surface area contributed by atoms with Gasteiger partial charge in [-0.25, -0.2) is 9.79 Å². The van der Waals surface area contributed by atoms with Crippen molar-refractivity contribution in [1.29, 1.82) is 0 Å². The zero-order chi connectivity index (χ0) is 16.5. The summed E-state index contributed by atoms with van der Waals surface area (Å²) in [4.78, 5) is 16.3. The highest BCUT2D eigenvalue weighted by atomic mass is 16.6. The molecular formula is C18H12N2O4. The van der Waals surface area contributed by atoms with E-state index < -0.39 is 5.97 Å². The first-order valence-electron chi connectivity index (χ1n) is 7.30. The van der Waals surface area contributed by atoms with E-state index in [0.717, 1.165) is 5.56 Å². The Balaban J connectivity index is 1.78. The van der Waals surface area contributed by atoms with Crippen LogP contribution in [0.5, 0.6) is 0 Å². The molecule has 0 atom stereocenters. The summed E-state index contributed by atoms with van der Waals surface area (Å²) in [5.41, 5.74) is 2.17. The number of esters is 1. The van der Waals surface area contributed by atoms with E-state index in [1.54, 1.807) is 19.1 Å². The van der Waals surface area contributed by atoms with Crippen molar-refractivity contribution in [3.63, 3.8) is 0 Å². The smallest absolute Gasteiger partial charge is 0.363 e. The van der Waals surface area contributed by atoms with Crippen molar-refractivity contribution in [2.45, 2.75) is 6.92 Å². The summed E-state index contributed by atoms with van der Waals surface area (Å²) in [7, 11) is 0. The van der Waals surface area contributed by atoms with E-state index in [0.29, 0.717) is 22.8 Å². The minimum atomic E-state index is -0.541. The first kappa shape index (κ1) is 14.2. The lowest BCUT2D eigenvalue weighted by atomic mass is 10.1. The molecule has 0 aliphatic carbocycles. The third-order valence-electron chi connectivity index (χ3n) is 3.57. The minimum Gasteiger partial charge on any atom is -0.465 e. The van der Waals surface area contributed by atoms with Gasteiger partial charge in [-0.2, -0.15) is 0 Å². The van der Waals surface area contributed by atoms with Crippen molar-refractivity contribution in [1.82, 2.24) is 5.16 Å². The van der Waals surface area contributed by atoms with E-state index in [1.807, 2.05) is 30.3 Å². The lowest BCUT2D eigenvalue weighted by Gasteiger charge is -2.01. The fraction of sp³-hybridized carbons (Fsp3) is 0.0556. The highest BCUT2D eigenvalue weighted by Gasteiger charge is 2.30. The number of ether oxygens (including phenoxy) is 1. The minimum absolute atomic E-state index is 0.166. The summed E-state index contributed by atoms with van der Waals surface area (Å²) >= 11 is 0. The molecule has 24 heavy (non-hydrogen) atoms. The van der Waals surface area contributed by atoms with Gasteiger partial charge in [0.15, 0.2) is 5.70 Å². The summed E-state index contributed by atoms with van der Waals surface area (Å²) in [5, 5.41) is 4.07. The van der Waals surface area contributed by atoms with Gasteiger partial charge in [-0.05, 0) is 19.1 Å². The van der Waals surface area contributed by atoms with Crippen LogP contribution in [0, 0.1) is 6.92 Å². The van der Waals surface area contributed by atoms with Gasteiger partial charge in [0.25, 0.3) is 0 Å². The number of carbonyl (C=O) groups excluding carboxylic acids is 1. The predicted molar refractivity (Wildman–Crippen MR) is 86.0 cm³/mol. The summed E-state index contributed by atoms with van der Waals surface area (Å²) in [6, 6.07) is 13.0. The number of furan rings is 1. The number of aryl methyl sites for hydroxylation is 1. The second-order valence-electron chi connectivity index (χ2n) is 5.18. The molecule has 4 rings (SSSR count). The third kappa shape index (κ3) is 2.44. The fourth-order valence-corrected chi connectivity index (χ4v) is 2.44. The van der Waals surface area contributed by atoms with Crippen LogP contribution in [-0.4, -0.2) is 17.0 Å². The normalized spacial score (nSPS) is 15.6. The van der Waals surface area contributed by atoms with Crippen LogP contribution >= 0.6 is 0 Å². The summed E-state index contributed by atoms with van der Waals surface area (Å²) < 4.78 is 15.8. The van der Waals surface area contributed by atoms with Crippen LogP contribution in [0.15, 0.2) is 68.4 Å². The van der Waals surface area contributed by atoms with E-state index >= 15 is 0 Å². The number of cyclic esters (lactones) is 1. The summed E-state index contributed by atoms with van der Waals surface area (Å²) in [6.45, 7) is 1.75. The van der Waals surface area contributed by atoms with Crippen molar-refractivity contribution >= 4 is 17.9 Å². The number of benzene rings is 1. The molecular weight excluding hydrogens is 308 g/mol. The molecule has 1 aromatic carbocycles. The largest absolute Gasteiger partial charge is 0.465 e. The molecule has 6 nitrogen and oxygen atoms in total. The van der Waals surface area contributed by atoms with E-state index in [1.165, 1.54) is 12.3 Å². The number of aliphatic imine (C=N–C) groups is 1. The molecule has 3 aromatic rings. The quantitative estimate of drug-likeness (QED) is 0.544. The topological polar surface area (TPSA) is 77.8 Å². The number of rotatable bonds is 3. The van der Waals surface area contributed by atoms with Gasteiger partial charge in [0, 0.05) is 11.6 Å². The van der Waals surface area contributed by atoms with Crippen molar-refractivity contribution in [3.8, 4) is 11.3 Å². The van der Waals surface area contributed by atoms with Crippen LogP contribution in [0.25, 0.3) is 17.3 Å². The van der Waals surface area contributed by atoms with Gasteiger partial charge in [-0.15, -0.1) is 0 Å². The third-order valence-corrected chi connectivity index (χ3v) is 3.57. The van der Waals surface area contributed by atoms with Crippen LogP contribution in [0.4, 0.5) is 0 Å². The monoisotopic (exact) mass is 320 g/mol. The molecule has 2 aromatic heterocycles. The number of carbonyl (C=O) groups is 1. The molecule has 6 heteroatoms. The highest BCUT2D eigenvalue weighted by Crippen LogP contribution is 2.29. The molecule has 0 N–H and O–H groups in total. The van der Waals surface area contributed by atoms with Gasteiger partial charge in [0.2, 0.25) is 5.90 Å². The molecule has 3 heterocycles. The SMILES string of the molecule is Cc1onc(-c2ccccc2)c1C1=N/C(=C\c2ccco2)C(=O)O1. The molecule has 1 aliphatic rings. The van der Waals surface area contributed by atoms with Gasteiger partial charge in [0.05, 0.1) is 6.26 Å². The van der Waals surface area contributed by atoms with Crippen molar-refractivity contribution < 1.29 is 18.5 Å². The maximum Gasteiger partial charge on any atom is 0.363 e. The van der Waals surface area contributed by atoms with E-state index in [2.05, 4.69) is 10.1 Å². The van der Waals surface area contributed by atoms with Crippen molar-refractivity contribution in [3.05, 3.63) is 71.5 Å². The molecule has 0 unspecified atom stereocenters. The maximum absolute atomic E-state index is 12.1. The number of hydrogen-bond acceptors (Lipinski definition) is 6. The second kappa shape index (κ2) is 5.66. The van der Waals surface area contributed by atoms with Gasteiger partial charge in [0.1, 0.15) is 22.8 Å². The van der Waals surface area contributed by atoms with Gasteiger partial charge < -0.3 is 13.7 Å². The number of aromatic nitrogens is 1. The predicted octanol–water partition coefficient (Wildman–Crippen LogP) is 3.59. The molecule has 0 amide bonds. The van der Waals surface area contributed by atoms with Crippen molar-refractivity contribution in [2.24, 2.45) is 4.99 Å². The van der Waals surface area contributed by atoms with Crippen LogP contribution in [0.2, 0.25) is 0 Å². The average molecular weight is 320 g/mol. The van der Waals surface area contributed by atoms with Gasteiger partial charge >= 0.3 is 5.97 Å². The number of hydrogen-bond donors (Lipinski definition) is 0.